The zero-order chi connectivity index (χ0) is 20.1. The van der Waals surface area contributed by atoms with E-state index in [1.807, 2.05) is 54.6 Å². The van der Waals surface area contributed by atoms with Gasteiger partial charge in [-0.25, -0.2) is 0 Å². The van der Waals surface area contributed by atoms with Crippen molar-refractivity contribution in [3.05, 3.63) is 71.4 Å². The fourth-order valence-corrected chi connectivity index (χ4v) is 3.02. The first-order chi connectivity index (χ1) is 13.5. The zero-order valence-corrected chi connectivity index (χ0v) is 15.5. The largest absolute Gasteiger partial charge is 0.368 e. The number of carbonyl (C=O) groups is 2. The Hall–Kier alpha value is -3.85. The van der Waals surface area contributed by atoms with Gasteiger partial charge in [-0.05, 0) is 36.3 Å². The number of para-hydroxylation sites is 1. The number of rotatable bonds is 6. The predicted octanol–water partition coefficient (Wildman–Crippen LogP) is 3.23. The molecule has 0 unspecified atom stereocenters. The number of hydrogen-bond donors (Lipinski definition) is 2. The van der Waals surface area contributed by atoms with Gasteiger partial charge in [-0.15, -0.1) is 0 Å². The van der Waals surface area contributed by atoms with E-state index in [0.29, 0.717) is 11.3 Å². The number of anilines is 1. The van der Waals surface area contributed by atoms with E-state index in [1.54, 1.807) is 10.8 Å². The lowest BCUT2D eigenvalue weighted by molar-refractivity contribution is -0.118. The molecule has 0 fully saturated rings. The Morgan fingerprint density at radius 3 is 2.54 bits per heavy atom. The molecule has 28 heavy (non-hydrogen) atoms. The summed E-state index contributed by atoms with van der Waals surface area (Å²) in [6.45, 7) is 2.07. The number of primary amides is 1. The molecule has 3 N–H and O–H groups in total. The number of aromatic nitrogens is 1. The van der Waals surface area contributed by atoms with Crippen LogP contribution in [0.1, 0.15) is 18.1 Å². The lowest BCUT2D eigenvalue weighted by Crippen LogP contribution is -2.17. The number of carbonyl (C=O) groups excluding carboxylic acids is 2. The molecule has 0 aliphatic carbocycles. The maximum Gasteiger partial charge on any atom is 0.266 e. The van der Waals surface area contributed by atoms with Gasteiger partial charge in [0.1, 0.15) is 18.2 Å². The third-order valence-corrected chi connectivity index (χ3v) is 4.43. The smallest absolute Gasteiger partial charge is 0.266 e. The van der Waals surface area contributed by atoms with Gasteiger partial charge in [-0.3, -0.25) is 9.59 Å². The molecule has 6 heteroatoms. The van der Waals surface area contributed by atoms with Gasteiger partial charge in [0, 0.05) is 28.4 Å². The Morgan fingerprint density at radius 2 is 1.89 bits per heavy atom. The number of benzene rings is 2. The molecule has 0 aliphatic rings. The molecule has 0 saturated carbocycles. The molecule has 0 saturated heterocycles. The van der Waals surface area contributed by atoms with Crippen LogP contribution >= 0.6 is 0 Å². The molecule has 140 valence electrons. The lowest BCUT2D eigenvalue weighted by Gasteiger charge is -2.05. The molecule has 2 aromatic carbocycles. The average Bonchev–Trinajstić information content (AvgIpc) is 3.03. The van der Waals surface area contributed by atoms with E-state index in [4.69, 9.17) is 5.73 Å². The van der Waals surface area contributed by atoms with E-state index in [1.165, 1.54) is 6.08 Å². The summed E-state index contributed by atoms with van der Waals surface area (Å²) in [5.41, 5.74) is 8.55. The number of nitriles is 1. The molecule has 1 heterocycles. The van der Waals surface area contributed by atoms with Crippen molar-refractivity contribution in [2.45, 2.75) is 19.9 Å². The number of nitrogens with one attached hydrogen (secondary N) is 1. The molecule has 0 bridgehead atoms. The fraction of sp³-hybridized carbons (Fsp3) is 0.136. The summed E-state index contributed by atoms with van der Waals surface area (Å²) in [5, 5.41) is 13.1. The van der Waals surface area contributed by atoms with Crippen molar-refractivity contribution in [2.24, 2.45) is 5.73 Å². The molecule has 0 aliphatic heterocycles. The normalized spacial score (nSPS) is 11.2. The number of nitrogens with two attached hydrogens (primary N) is 1. The highest BCUT2D eigenvalue weighted by atomic mass is 16.2. The first kappa shape index (κ1) is 18.9. The predicted molar refractivity (Wildman–Crippen MR) is 109 cm³/mol. The summed E-state index contributed by atoms with van der Waals surface area (Å²) in [6.07, 6.45) is 4.15. The second-order valence-electron chi connectivity index (χ2n) is 6.37. The van der Waals surface area contributed by atoms with Gasteiger partial charge in [-0.2, -0.15) is 5.26 Å². The van der Waals surface area contributed by atoms with E-state index >= 15 is 0 Å². The zero-order valence-electron chi connectivity index (χ0n) is 15.5. The minimum Gasteiger partial charge on any atom is -0.368 e. The molecular formula is C22H20N4O2. The van der Waals surface area contributed by atoms with E-state index in [-0.39, 0.29) is 12.1 Å². The topological polar surface area (TPSA) is 101 Å². The minimum absolute atomic E-state index is 0.0201. The number of hydrogen-bond acceptors (Lipinski definition) is 3. The van der Waals surface area contributed by atoms with Crippen LogP contribution in [0, 0.1) is 11.3 Å². The van der Waals surface area contributed by atoms with E-state index in [0.717, 1.165) is 22.9 Å². The molecule has 0 radical (unpaired) electrons. The van der Waals surface area contributed by atoms with Gasteiger partial charge in [0.25, 0.3) is 5.91 Å². The Kier molecular flexibility index (Phi) is 5.56. The third-order valence-electron chi connectivity index (χ3n) is 4.43. The summed E-state index contributed by atoms with van der Waals surface area (Å²) in [4.78, 5) is 23.9. The van der Waals surface area contributed by atoms with Crippen LogP contribution in [0.15, 0.2) is 60.3 Å². The van der Waals surface area contributed by atoms with Crippen LogP contribution in [-0.4, -0.2) is 16.4 Å². The molecule has 3 aromatic rings. The van der Waals surface area contributed by atoms with Crippen molar-refractivity contribution < 1.29 is 9.59 Å². The molecular weight excluding hydrogens is 352 g/mol. The van der Waals surface area contributed by atoms with Gasteiger partial charge in [-0.1, -0.05) is 37.3 Å². The molecule has 0 atom stereocenters. The van der Waals surface area contributed by atoms with Crippen LogP contribution in [0.3, 0.4) is 0 Å². The van der Waals surface area contributed by atoms with Crippen molar-refractivity contribution in [1.82, 2.24) is 4.57 Å². The van der Waals surface area contributed by atoms with Gasteiger partial charge >= 0.3 is 0 Å². The van der Waals surface area contributed by atoms with Gasteiger partial charge in [0.15, 0.2) is 0 Å². The van der Waals surface area contributed by atoms with E-state index < -0.39 is 11.8 Å². The molecule has 1 aromatic heterocycles. The summed E-state index contributed by atoms with van der Waals surface area (Å²) in [5.74, 6) is -0.955. The Morgan fingerprint density at radius 1 is 1.18 bits per heavy atom. The Labute approximate surface area is 162 Å². The molecule has 6 nitrogen and oxygen atoms in total. The van der Waals surface area contributed by atoms with Crippen molar-refractivity contribution in [2.75, 3.05) is 5.32 Å². The van der Waals surface area contributed by atoms with Crippen LogP contribution in [0.2, 0.25) is 0 Å². The summed E-state index contributed by atoms with van der Waals surface area (Å²) in [6, 6.07) is 16.9. The maximum absolute atomic E-state index is 12.5. The monoisotopic (exact) mass is 372 g/mol. The molecule has 2 amide bonds. The highest BCUT2D eigenvalue weighted by molar-refractivity contribution is 6.10. The SMILES string of the molecule is CCc1ccc(NC(=O)/C(C#N)=C/c2cn(CC(N)=O)c3ccccc23)cc1. The van der Waals surface area contributed by atoms with Crippen LogP contribution < -0.4 is 11.1 Å². The lowest BCUT2D eigenvalue weighted by atomic mass is 10.1. The maximum atomic E-state index is 12.5. The highest BCUT2D eigenvalue weighted by Crippen LogP contribution is 2.24. The fourth-order valence-electron chi connectivity index (χ4n) is 3.02. The minimum atomic E-state index is -0.488. The quantitative estimate of drug-likeness (QED) is 0.513. The van der Waals surface area contributed by atoms with Crippen LogP contribution in [0.4, 0.5) is 5.69 Å². The first-order valence-electron chi connectivity index (χ1n) is 8.90. The van der Waals surface area contributed by atoms with Crippen LogP contribution in [0.25, 0.3) is 17.0 Å². The number of nitrogens with zero attached hydrogens (tertiary/aromatic N) is 2. The number of amides is 2. The van der Waals surface area contributed by atoms with Crippen LogP contribution in [0.5, 0.6) is 0 Å². The third kappa shape index (κ3) is 4.10. The van der Waals surface area contributed by atoms with E-state index in [2.05, 4.69) is 12.2 Å². The molecule has 0 spiro atoms. The number of aryl methyl sites for hydroxylation is 1. The average molecular weight is 372 g/mol. The van der Waals surface area contributed by atoms with Crippen molar-refractivity contribution in [3.8, 4) is 6.07 Å². The standard InChI is InChI=1S/C22H20N4O2/c1-2-15-7-9-18(10-8-15)25-22(28)16(12-23)11-17-13-26(14-21(24)27)20-6-4-3-5-19(17)20/h3-11,13H,2,14H2,1H3,(H2,24,27)(H,25,28)/b16-11+. The van der Waals surface area contributed by atoms with Crippen molar-refractivity contribution in [1.29, 1.82) is 5.26 Å². The first-order valence-corrected chi connectivity index (χ1v) is 8.90. The van der Waals surface area contributed by atoms with Crippen LogP contribution in [-0.2, 0) is 22.6 Å². The second-order valence-corrected chi connectivity index (χ2v) is 6.37. The van der Waals surface area contributed by atoms with Crippen molar-refractivity contribution >= 4 is 34.5 Å². The number of fused-ring (bicyclic) bond motifs is 1. The summed E-state index contributed by atoms with van der Waals surface area (Å²) >= 11 is 0. The molecule has 3 rings (SSSR count). The van der Waals surface area contributed by atoms with E-state index in [9.17, 15) is 14.9 Å². The van der Waals surface area contributed by atoms with Gasteiger partial charge < -0.3 is 15.6 Å². The second kappa shape index (κ2) is 8.23. The summed E-state index contributed by atoms with van der Waals surface area (Å²) in [7, 11) is 0. The Balaban J connectivity index is 1.92. The van der Waals surface area contributed by atoms with Crippen molar-refractivity contribution in [3.63, 3.8) is 0 Å². The summed E-state index contributed by atoms with van der Waals surface area (Å²) < 4.78 is 1.71. The Bertz CT molecular complexity index is 1100. The van der Waals surface area contributed by atoms with Gasteiger partial charge in [0.2, 0.25) is 5.91 Å². The highest BCUT2D eigenvalue weighted by Gasteiger charge is 2.13. The van der Waals surface area contributed by atoms with Gasteiger partial charge in [0.05, 0.1) is 0 Å².